The quantitative estimate of drug-likeness (QED) is 0.340. The van der Waals surface area contributed by atoms with Crippen LogP contribution in [0, 0.1) is 0 Å². The lowest BCUT2D eigenvalue weighted by Gasteiger charge is -2.42. The summed E-state index contributed by atoms with van der Waals surface area (Å²) in [4.78, 5) is 0. The molecule has 0 heterocycles. The molecule has 122 valence electrons. The van der Waals surface area contributed by atoms with E-state index in [0.29, 0.717) is 0 Å². The lowest BCUT2D eigenvalue weighted by molar-refractivity contribution is 0.331. The second-order valence-corrected chi connectivity index (χ2v) is 7.82. The maximum atomic E-state index is 3.90. The minimum Gasteiger partial charge on any atom is -0.295 e. The van der Waals surface area contributed by atoms with Crippen molar-refractivity contribution in [2.75, 3.05) is 39.3 Å². The Hall–Kier alpha value is -1.46. The molecule has 0 aliphatic rings. The predicted molar refractivity (Wildman–Crippen MR) is 103 cm³/mol. The van der Waals surface area contributed by atoms with Gasteiger partial charge in [0.1, 0.15) is 0 Å². The van der Waals surface area contributed by atoms with Crippen LogP contribution in [0.2, 0.25) is 0 Å². The molecule has 0 N–H and O–H groups in total. The van der Waals surface area contributed by atoms with Gasteiger partial charge in [0.25, 0.3) is 9.28 Å². The Labute approximate surface area is 138 Å². The average molecular weight is 318 g/mol. The normalized spacial score (nSPS) is 10.9. The summed E-state index contributed by atoms with van der Waals surface area (Å²) in [7, 11) is -1.61. The Kier molecular flexibility index (Phi) is 12.3. The molecule has 4 heteroatoms. The van der Waals surface area contributed by atoms with E-state index in [4.69, 9.17) is 0 Å². The van der Waals surface area contributed by atoms with Gasteiger partial charge < -0.3 is 0 Å². The zero-order valence-electron chi connectivity index (χ0n) is 13.9. The Morgan fingerprint density at radius 1 is 0.455 bits per heavy atom. The van der Waals surface area contributed by atoms with E-state index in [2.05, 4.69) is 53.2 Å². The fraction of sp³-hybridized carbons (Fsp3) is 0.333. The Morgan fingerprint density at radius 3 is 0.773 bits per heavy atom. The largest absolute Gasteiger partial charge is 0.295 e. The van der Waals surface area contributed by atoms with Gasteiger partial charge in [-0.2, -0.15) is 0 Å². The molecular formula is C18H31N3Si. The molecule has 0 amide bonds. The second kappa shape index (κ2) is 13.2. The summed E-state index contributed by atoms with van der Waals surface area (Å²) in [5.74, 6) is 0. The standard InChI is InChI=1S/C18H31N3Si/c1-7-13-19(14-8-2)22(20(15-9-3)16-10-4)21(17-11-5)18-12-6/h7-12,22H,1-6,13-18H2. The van der Waals surface area contributed by atoms with E-state index in [9.17, 15) is 0 Å². The van der Waals surface area contributed by atoms with Gasteiger partial charge >= 0.3 is 0 Å². The number of rotatable bonds is 15. The van der Waals surface area contributed by atoms with Crippen LogP contribution in [0.5, 0.6) is 0 Å². The maximum Gasteiger partial charge on any atom is 0.274 e. The fourth-order valence-corrected chi connectivity index (χ4v) is 5.89. The van der Waals surface area contributed by atoms with Crippen LogP contribution in [-0.2, 0) is 0 Å². The Balaban J connectivity index is 5.61. The van der Waals surface area contributed by atoms with Gasteiger partial charge in [0, 0.05) is 39.3 Å². The van der Waals surface area contributed by atoms with Crippen LogP contribution in [0.15, 0.2) is 75.9 Å². The first-order valence-electron chi connectivity index (χ1n) is 7.57. The SMILES string of the molecule is C=CCN(CC=C)[SiH](N(CC=C)CC=C)N(CC=C)CC=C. The van der Waals surface area contributed by atoms with Crippen LogP contribution in [0.1, 0.15) is 0 Å². The van der Waals surface area contributed by atoms with E-state index in [1.165, 1.54) is 0 Å². The van der Waals surface area contributed by atoms with Crippen molar-refractivity contribution in [3.05, 3.63) is 75.9 Å². The van der Waals surface area contributed by atoms with Gasteiger partial charge in [0.2, 0.25) is 0 Å². The Bertz CT molecular complexity index is 291. The third-order valence-corrected chi connectivity index (χ3v) is 6.39. The molecule has 0 spiro atoms. The molecule has 0 atom stereocenters. The van der Waals surface area contributed by atoms with Gasteiger partial charge in [-0.15, -0.1) is 39.5 Å². The van der Waals surface area contributed by atoms with E-state index in [0.717, 1.165) is 39.3 Å². The van der Waals surface area contributed by atoms with Crippen molar-refractivity contribution in [1.29, 1.82) is 0 Å². The topological polar surface area (TPSA) is 9.72 Å². The highest BCUT2D eigenvalue weighted by molar-refractivity contribution is 6.49. The van der Waals surface area contributed by atoms with Gasteiger partial charge in [-0.25, -0.2) is 0 Å². The fourth-order valence-electron chi connectivity index (χ4n) is 2.48. The summed E-state index contributed by atoms with van der Waals surface area (Å²) >= 11 is 0. The van der Waals surface area contributed by atoms with E-state index in [1.807, 2.05) is 36.5 Å². The molecule has 3 nitrogen and oxygen atoms in total. The van der Waals surface area contributed by atoms with E-state index < -0.39 is 9.28 Å². The van der Waals surface area contributed by atoms with E-state index in [1.54, 1.807) is 0 Å². The number of nitrogens with zero attached hydrogens (tertiary/aromatic N) is 3. The first kappa shape index (κ1) is 20.5. The lowest BCUT2D eigenvalue weighted by atomic mass is 10.5. The first-order chi connectivity index (χ1) is 10.7. The monoisotopic (exact) mass is 317 g/mol. The van der Waals surface area contributed by atoms with Crippen LogP contribution in [0.3, 0.4) is 0 Å². The second-order valence-electron chi connectivity index (χ2n) is 4.94. The van der Waals surface area contributed by atoms with Crippen LogP contribution in [0.25, 0.3) is 0 Å². The summed E-state index contributed by atoms with van der Waals surface area (Å²) in [6.45, 7) is 28.4. The molecule has 0 saturated carbocycles. The van der Waals surface area contributed by atoms with E-state index in [-0.39, 0.29) is 0 Å². The molecule has 0 aliphatic heterocycles. The Morgan fingerprint density at radius 2 is 0.636 bits per heavy atom. The highest BCUT2D eigenvalue weighted by Gasteiger charge is 2.30. The molecule has 0 fully saturated rings. The third-order valence-electron chi connectivity index (χ3n) is 3.16. The summed E-state index contributed by atoms with van der Waals surface area (Å²) in [5, 5.41) is 0. The van der Waals surface area contributed by atoms with Crippen LogP contribution in [0.4, 0.5) is 0 Å². The van der Waals surface area contributed by atoms with Gasteiger partial charge in [-0.1, -0.05) is 36.5 Å². The maximum absolute atomic E-state index is 3.90. The summed E-state index contributed by atoms with van der Waals surface area (Å²) < 4.78 is 7.33. The van der Waals surface area contributed by atoms with Gasteiger partial charge in [0.05, 0.1) is 0 Å². The highest BCUT2D eigenvalue weighted by Crippen LogP contribution is 2.10. The molecule has 0 saturated heterocycles. The van der Waals surface area contributed by atoms with Crippen LogP contribution >= 0.6 is 0 Å². The minimum absolute atomic E-state index is 0.832. The van der Waals surface area contributed by atoms with Gasteiger partial charge in [-0.05, 0) is 0 Å². The number of hydrogen-bond donors (Lipinski definition) is 0. The molecule has 0 aromatic carbocycles. The molecule has 0 radical (unpaired) electrons. The first-order valence-corrected chi connectivity index (χ1v) is 9.12. The van der Waals surface area contributed by atoms with Crippen molar-refractivity contribution in [2.45, 2.75) is 0 Å². The predicted octanol–water partition coefficient (Wildman–Crippen LogP) is 2.73. The molecule has 0 bridgehead atoms. The zero-order valence-corrected chi connectivity index (χ0v) is 15.0. The molecule has 0 rings (SSSR count). The molecule has 22 heavy (non-hydrogen) atoms. The van der Waals surface area contributed by atoms with Crippen molar-refractivity contribution in [3.63, 3.8) is 0 Å². The van der Waals surface area contributed by atoms with Crippen molar-refractivity contribution < 1.29 is 0 Å². The van der Waals surface area contributed by atoms with Crippen LogP contribution in [-0.4, -0.2) is 62.2 Å². The average Bonchev–Trinajstić information content (AvgIpc) is 2.49. The molecule has 0 aliphatic carbocycles. The lowest BCUT2D eigenvalue weighted by Crippen LogP contribution is -2.63. The molecule has 0 aromatic rings. The summed E-state index contributed by atoms with van der Waals surface area (Å²) in [6.07, 6.45) is 11.7. The van der Waals surface area contributed by atoms with Crippen molar-refractivity contribution in [1.82, 2.24) is 13.7 Å². The highest BCUT2D eigenvalue weighted by atomic mass is 28.3. The molecular weight excluding hydrogens is 286 g/mol. The smallest absolute Gasteiger partial charge is 0.274 e. The molecule has 0 aromatic heterocycles. The number of hydrogen-bond acceptors (Lipinski definition) is 3. The minimum atomic E-state index is -1.61. The van der Waals surface area contributed by atoms with Crippen molar-refractivity contribution >= 4 is 9.28 Å². The van der Waals surface area contributed by atoms with Crippen molar-refractivity contribution in [2.24, 2.45) is 0 Å². The summed E-state index contributed by atoms with van der Waals surface area (Å²) in [5.41, 5.74) is 0. The van der Waals surface area contributed by atoms with Gasteiger partial charge in [-0.3, -0.25) is 13.7 Å². The molecule has 0 unspecified atom stereocenters. The van der Waals surface area contributed by atoms with E-state index >= 15 is 0 Å². The zero-order chi connectivity index (χ0) is 16.8. The van der Waals surface area contributed by atoms with Gasteiger partial charge in [0.15, 0.2) is 0 Å². The van der Waals surface area contributed by atoms with Crippen LogP contribution < -0.4 is 0 Å². The third kappa shape index (κ3) is 7.00. The summed E-state index contributed by atoms with van der Waals surface area (Å²) in [6, 6.07) is 0. The van der Waals surface area contributed by atoms with Crippen molar-refractivity contribution in [3.8, 4) is 0 Å².